The fraction of sp³-hybridized carbons (Fsp3) is 1.00. The van der Waals surface area contributed by atoms with Gasteiger partial charge in [0, 0.05) is 38.8 Å². The Balaban J connectivity index is 1.80. The Labute approximate surface area is 106 Å². The lowest BCUT2D eigenvalue weighted by atomic mass is 9.85. The normalized spacial score (nSPS) is 32.6. The summed E-state index contributed by atoms with van der Waals surface area (Å²) in [5, 5.41) is 3.64. The molecule has 2 saturated heterocycles. The summed E-state index contributed by atoms with van der Waals surface area (Å²) >= 11 is 0. The minimum atomic E-state index is 0.353. The van der Waals surface area contributed by atoms with Crippen LogP contribution in [0.15, 0.2) is 0 Å². The van der Waals surface area contributed by atoms with Gasteiger partial charge in [-0.15, -0.1) is 0 Å². The molecular weight excluding hydrogens is 212 g/mol. The molecule has 17 heavy (non-hydrogen) atoms. The summed E-state index contributed by atoms with van der Waals surface area (Å²) in [4.78, 5) is 2.59. The third-order valence-electron chi connectivity index (χ3n) is 4.04. The number of piperazine rings is 1. The first-order valence-corrected chi connectivity index (χ1v) is 7.13. The number of nitrogens with zero attached hydrogens (tertiary/aromatic N) is 1. The van der Waals surface area contributed by atoms with E-state index in [0.717, 1.165) is 19.7 Å². The Morgan fingerprint density at radius 2 is 2.12 bits per heavy atom. The molecule has 0 aromatic rings. The van der Waals surface area contributed by atoms with E-state index in [1.807, 2.05) is 0 Å². The van der Waals surface area contributed by atoms with Crippen molar-refractivity contribution < 1.29 is 4.74 Å². The highest BCUT2D eigenvalue weighted by Gasteiger charge is 2.30. The van der Waals surface area contributed by atoms with Crippen LogP contribution in [0.2, 0.25) is 0 Å². The van der Waals surface area contributed by atoms with Gasteiger partial charge < -0.3 is 10.1 Å². The molecule has 3 heteroatoms. The first-order chi connectivity index (χ1) is 8.05. The molecule has 0 aliphatic carbocycles. The van der Waals surface area contributed by atoms with Gasteiger partial charge in [-0.25, -0.2) is 0 Å². The summed E-state index contributed by atoms with van der Waals surface area (Å²) in [6.07, 6.45) is 4.34. The zero-order valence-electron chi connectivity index (χ0n) is 11.7. The Hall–Kier alpha value is -0.120. The topological polar surface area (TPSA) is 24.5 Å². The lowest BCUT2D eigenvalue weighted by Crippen LogP contribution is -2.57. The maximum Gasteiger partial charge on any atom is 0.0702 e. The number of hydrogen-bond acceptors (Lipinski definition) is 3. The van der Waals surface area contributed by atoms with Gasteiger partial charge in [-0.2, -0.15) is 0 Å². The lowest BCUT2D eigenvalue weighted by molar-refractivity contribution is -0.0139. The number of ether oxygens (including phenoxy) is 1. The van der Waals surface area contributed by atoms with Gasteiger partial charge in [-0.05, 0) is 24.7 Å². The predicted molar refractivity (Wildman–Crippen MR) is 71.3 cm³/mol. The molecule has 100 valence electrons. The zero-order valence-corrected chi connectivity index (χ0v) is 11.7. The fourth-order valence-corrected chi connectivity index (χ4v) is 2.80. The van der Waals surface area contributed by atoms with Crippen LogP contribution in [0.5, 0.6) is 0 Å². The molecule has 2 unspecified atom stereocenters. The second-order valence-electron chi connectivity index (χ2n) is 6.62. The van der Waals surface area contributed by atoms with Crippen LogP contribution in [-0.4, -0.2) is 49.8 Å². The highest BCUT2D eigenvalue weighted by Crippen LogP contribution is 2.22. The smallest absolute Gasteiger partial charge is 0.0702 e. The molecule has 0 bridgehead atoms. The summed E-state index contributed by atoms with van der Waals surface area (Å²) in [6.45, 7) is 12.5. The molecule has 2 rings (SSSR count). The second kappa shape index (κ2) is 5.68. The van der Waals surface area contributed by atoms with Gasteiger partial charge in [0.05, 0.1) is 6.10 Å². The van der Waals surface area contributed by atoms with Crippen molar-refractivity contribution in [2.75, 3.05) is 32.8 Å². The Bertz CT molecular complexity index is 231. The van der Waals surface area contributed by atoms with Crippen LogP contribution in [-0.2, 0) is 4.74 Å². The van der Waals surface area contributed by atoms with Crippen LogP contribution in [0.4, 0.5) is 0 Å². The van der Waals surface area contributed by atoms with Crippen molar-refractivity contribution in [3.8, 4) is 0 Å². The molecule has 1 N–H and O–H groups in total. The zero-order chi connectivity index (χ0) is 12.3. The van der Waals surface area contributed by atoms with E-state index in [-0.39, 0.29) is 0 Å². The molecule has 0 aromatic heterocycles. The average molecular weight is 240 g/mol. The highest BCUT2D eigenvalue weighted by molar-refractivity contribution is 4.88. The van der Waals surface area contributed by atoms with Gasteiger partial charge in [0.25, 0.3) is 0 Å². The van der Waals surface area contributed by atoms with E-state index < -0.39 is 0 Å². The summed E-state index contributed by atoms with van der Waals surface area (Å²) in [5.41, 5.74) is 0.353. The first-order valence-electron chi connectivity index (χ1n) is 7.13. The van der Waals surface area contributed by atoms with E-state index in [2.05, 4.69) is 31.0 Å². The molecule has 0 radical (unpaired) electrons. The number of rotatable bonds is 2. The van der Waals surface area contributed by atoms with Crippen molar-refractivity contribution >= 4 is 0 Å². The summed E-state index contributed by atoms with van der Waals surface area (Å²) in [7, 11) is 0. The molecule has 2 aliphatic heterocycles. The standard InChI is InChI=1S/C14H28N2O/c1-14(2,3)13-11-16(8-7-15-13)10-12-6-4-5-9-17-12/h12-13,15H,4-11H2,1-3H3. The summed E-state index contributed by atoms with van der Waals surface area (Å²) in [6, 6.07) is 0.611. The molecule has 0 spiro atoms. The molecule has 2 atom stereocenters. The van der Waals surface area contributed by atoms with E-state index >= 15 is 0 Å². The van der Waals surface area contributed by atoms with Crippen molar-refractivity contribution in [2.45, 2.75) is 52.2 Å². The molecule has 0 aromatic carbocycles. The summed E-state index contributed by atoms with van der Waals surface area (Å²) < 4.78 is 5.84. The highest BCUT2D eigenvalue weighted by atomic mass is 16.5. The van der Waals surface area contributed by atoms with Gasteiger partial charge in [0.15, 0.2) is 0 Å². The van der Waals surface area contributed by atoms with Crippen LogP contribution in [0.25, 0.3) is 0 Å². The van der Waals surface area contributed by atoms with Crippen molar-refractivity contribution in [3.05, 3.63) is 0 Å². The molecule has 3 nitrogen and oxygen atoms in total. The quantitative estimate of drug-likeness (QED) is 0.797. The first kappa shape index (κ1) is 13.3. The number of nitrogens with one attached hydrogen (secondary N) is 1. The van der Waals surface area contributed by atoms with Gasteiger partial charge in [0.1, 0.15) is 0 Å². The van der Waals surface area contributed by atoms with Crippen LogP contribution in [0.1, 0.15) is 40.0 Å². The van der Waals surface area contributed by atoms with Gasteiger partial charge in [0.2, 0.25) is 0 Å². The van der Waals surface area contributed by atoms with E-state index in [4.69, 9.17) is 4.74 Å². The molecule has 2 aliphatic rings. The van der Waals surface area contributed by atoms with Gasteiger partial charge >= 0.3 is 0 Å². The van der Waals surface area contributed by atoms with Crippen molar-refractivity contribution in [2.24, 2.45) is 5.41 Å². The molecular formula is C14H28N2O. The van der Waals surface area contributed by atoms with Crippen LogP contribution >= 0.6 is 0 Å². The average Bonchev–Trinajstić information content (AvgIpc) is 2.29. The second-order valence-corrected chi connectivity index (χ2v) is 6.62. The van der Waals surface area contributed by atoms with Gasteiger partial charge in [-0.3, -0.25) is 4.90 Å². The fourth-order valence-electron chi connectivity index (χ4n) is 2.80. The van der Waals surface area contributed by atoms with Crippen molar-refractivity contribution in [1.82, 2.24) is 10.2 Å². The Morgan fingerprint density at radius 1 is 1.29 bits per heavy atom. The molecule has 2 heterocycles. The lowest BCUT2D eigenvalue weighted by Gasteiger charge is -2.41. The molecule has 0 saturated carbocycles. The van der Waals surface area contributed by atoms with E-state index in [1.165, 1.54) is 32.4 Å². The third-order valence-corrected chi connectivity index (χ3v) is 4.04. The minimum absolute atomic E-state index is 0.353. The van der Waals surface area contributed by atoms with Crippen LogP contribution < -0.4 is 5.32 Å². The largest absolute Gasteiger partial charge is 0.377 e. The number of hydrogen-bond donors (Lipinski definition) is 1. The monoisotopic (exact) mass is 240 g/mol. The predicted octanol–water partition coefficient (Wildman–Crippen LogP) is 1.88. The summed E-state index contributed by atoms with van der Waals surface area (Å²) in [5.74, 6) is 0. The van der Waals surface area contributed by atoms with Gasteiger partial charge in [-0.1, -0.05) is 20.8 Å². The van der Waals surface area contributed by atoms with Crippen LogP contribution in [0.3, 0.4) is 0 Å². The third kappa shape index (κ3) is 3.94. The maximum atomic E-state index is 5.84. The van der Waals surface area contributed by atoms with Crippen molar-refractivity contribution in [3.63, 3.8) is 0 Å². The minimum Gasteiger partial charge on any atom is -0.377 e. The van der Waals surface area contributed by atoms with E-state index in [9.17, 15) is 0 Å². The van der Waals surface area contributed by atoms with Crippen LogP contribution in [0, 0.1) is 5.41 Å². The SMILES string of the molecule is CC(C)(C)C1CN(CC2CCCCO2)CCN1. The molecule has 2 fully saturated rings. The van der Waals surface area contributed by atoms with Crippen molar-refractivity contribution in [1.29, 1.82) is 0 Å². The molecule has 0 amide bonds. The Kier molecular flexibility index (Phi) is 4.45. The van der Waals surface area contributed by atoms with E-state index in [0.29, 0.717) is 17.6 Å². The van der Waals surface area contributed by atoms with E-state index in [1.54, 1.807) is 0 Å². The Morgan fingerprint density at radius 3 is 2.76 bits per heavy atom. The maximum absolute atomic E-state index is 5.84.